The Morgan fingerprint density at radius 1 is 1.08 bits per heavy atom. The number of carbonyl (C=O) groups excluding carboxylic acids is 2. The number of benzene rings is 2. The van der Waals surface area contributed by atoms with Crippen LogP contribution in [0.25, 0.3) is 0 Å². The van der Waals surface area contributed by atoms with E-state index in [2.05, 4.69) is 39.9 Å². The minimum Gasteiger partial charge on any atom is -0.365 e. The maximum absolute atomic E-state index is 13.2. The molecule has 0 spiro atoms. The molecule has 0 aliphatic carbocycles. The fourth-order valence-electron chi connectivity index (χ4n) is 4.82. The third-order valence-electron chi connectivity index (χ3n) is 7.13. The van der Waals surface area contributed by atoms with Crippen LogP contribution in [0.1, 0.15) is 64.8 Å². The summed E-state index contributed by atoms with van der Waals surface area (Å²) in [7, 11) is 0. The first-order chi connectivity index (χ1) is 17.4. The molecule has 2 amide bonds. The predicted octanol–water partition coefficient (Wildman–Crippen LogP) is 3.73. The van der Waals surface area contributed by atoms with Crippen molar-refractivity contribution in [3.05, 3.63) is 82.4 Å². The Morgan fingerprint density at radius 3 is 2.47 bits per heavy atom. The monoisotopic (exact) mass is 491 g/mol. The lowest BCUT2D eigenvalue weighted by atomic mass is 9.95. The van der Waals surface area contributed by atoms with Crippen molar-refractivity contribution in [2.45, 2.75) is 52.0 Å². The van der Waals surface area contributed by atoms with E-state index in [1.54, 1.807) is 21.7 Å². The van der Waals surface area contributed by atoms with Crippen LogP contribution in [-0.4, -0.2) is 44.8 Å². The average molecular weight is 492 g/mol. The lowest BCUT2D eigenvalue weighted by Gasteiger charge is -2.32. The number of rotatable bonds is 5. The molecule has 1 saturated heterocycles. The highest BCUT2D eigenvalue weighted by molar-refractivity contribution is 5.93. The maximum Gasteiger partial charge on any atom is 0.276 e. The van der Waals surface area contributed by atoms with Gasteiger partial charge < -0.3 is 15.0 Å². The molecule has 1 fully saturated rings. The van der Waals surface area contributed by atoms with Crippen molar-refractivity contribution in [1.29, 1.82) is 0 Å². The van der Waals surface area contributed by atoms with Gasteiger partial charge in [0.15, 0.2) is 5.69 Å². The predicted molar refractivity (Wildman–Crippen MR) is 130 cm³/mol. The topological polar surface area (TPSA) is 89.4 Å². The number of likely N-dealkylation sites (tertiary alicyclic amines) is 1. The van der Waals surface area contributed by atoms with Crippen LogP contribution in [0.4, 0.5) is 4.39 Å². The van der Waals surface area contributed by atoms with Gasteiger partial charge in [-0.25, -0.2) is 9.07 Å². The lowest BCUT2D eigenvalue weighted by Crippen LogP contribution is -2.43. The number of hydrogen-bond donors (Lipinski definition) is 1. The molecule has 0 saturated carbocycles. The summed E-state index contributed by atoms with van der Waals surface area (Å²) in [5, 5.41) is 11.4. The van der Waals surface area contributed by atoms with Crippen molar-refractivity contribution >= 4 is 11.8 Å². The number of fused-ring (bicyclic) bond motifs is 1. The molecule has 0 radical (unpaired) electrons. The molecule has 2 aromatic carbocycles. The van der Waals surface area contributed by atoms with Gasteiger partial charge in [-0.15, -0.1) is 5.10 Å². The molecule has 5 rings (SSSR count). The van der Waals surface area contributed by atoms with E-state index in [1.165, 1.54) is 17.7 Å². The van der Waals surface area contributed by atoms with Crippen molar-refractivity contribution < 1.29 is 18.7 Å². The summed E-state index contributed by atoms with van der Waals surface area (Å²) in [6.07, 6.45) is 1.01. The van der Waals surface area contributed by atoms with E-state index < -0.39 is 0 Å². The highest BCUT2D eigenvalue weighted by atomic mass is 19.1. The number of aryl methyl sites for hydroxylation is 1. The van der Waals surface area contributed by atoms with Crippen LogP contribution in [0.2, 0.25) is 0 Å². The second-order valence-corrected chi connectivity index (χ2v) is 9.63. The minimum absolute atomic E-state index is 0.0458. The Hall–Kier alpha value is -3.59. The fourth-order valence-corrected chi connectivity index (χ4v) is 4.82. The van der Waals surface area contributed by atoms with E-state index in [1.807, 2.05) is 13.8 Å². The van der Waals surface area contributed by atoms with E-state index in [0.717, 1.165) is 11.1 Å². The Labute approximate surface area is 209 Å². The molecule has 3 aromatic rings. The molecule has 1 aromatic heterocycles. The first-order valence-electron chi connectivity index (χ1n) is 12.3. The maximum atomic E-state index is 13.2. The van der Waals surface area contributed by atoms with E-state index in [9.17, 15) is 14.0 Å². The van der Waals surface area contributed by atoms with Crippen LogP contribution < -0.4 is 5.32 Å². The number of nitrogens with zero attached hydrogens (tertiary/aromatic N) is 4. The standard InChI is InChI=1S/C27H30FN5O3/c1-17-3-5-20(6-4-17)24-15-33-23(16-36-24)25(30-31-33)27(35)32-13-11-21(12-14-32)26(34)29-18(2)19-7-9-22(28)10-8-19/h3-10,18,21,24H,11-16H2,1-2H3,(H,29,34)/t18-,24-/m1/s1. The second kappa shape index (κ2) is 10.2. The van der Waals surface area contributed by atoms with Gasteiger partial charge in [-0.3, -0.25) is 9.59 Å². The zero-order valence-electron chi connectivity index (χ0n) is 20.5. The molecule has 0 bridgehead atoms. The first-order valence-corrected chi connectivity index (χ1v) is 12.3. The fraction of sp³-hybridized carbons (Fsp3) is 0.407. The van der Waals surface area contributed by atoms with Gasteiger partial charge in [0.2, 0.25) is 5.91 Å². The van der Waals surface area contributed by atoms with Crippen molar-refractivity contribution in [3.8, 4) is 0 Å². The van der Waals surface area contributed by atoms with Crippen molar-refractivity contribution in [1.82, 2.24) is 25.2 Å². The van der Waals surface area contributed by atoms with Crippen LogP contribution in [-0.2, 0) is 22.7 Å². The number of amides is 2. The van der Waals surface area contributed by atoms with Crippen LogP contribution in [0.5, 0.6) is 0 Å². The number of ether oxygens (including phenoxy) is 1. The molecule has 9 heteroatoms. The van der Waals surface area contributed by atoms with Gasteiger partial charge in [-0.2, -0.15) is 0 Å². The highest BCUT2D eigenvalue weighted by Crippen LogP contribution is 2.28. The number of hydrogen-bond acceptors (Lipinski definition) is 5. The van der Waals surface area contributed by atoms with Gasteiger partial charge in [0.05, 0.1) is 24.9 Å². The van der Waals surface area contributed by atoms with Gasteiger partial charge >= 0.3 is 0 Å². The summed E-state index contributed by atoms with van der Waals surface area (Å²) in [6.45, 7) is 5.65. The van der Waals surface area contributed by atoms with Gasteiger partial charge in [0, 0.05) is 19.0 Å². The van der Waals surface area contributed by atoms with E-state index in [4.69, 9.17) is 4.74 Å². The SMILES string of the molecule is Cc1ccc([C@H]2Cn3nnc(C(=O)N4CCC(C(=O)N[C@H](C)c5ccc(F)cc5)CC4)c3CO2)cc1. The molecule has 8 nitrogen and oxygen atoms in total. The first kappa shape index (κ1) is 24.1. The average Bonchev–Trinajstić information content (AvgIpc) is 3.32. The number of carbonyl (C=O) groups is 2. The van der Waals surface area contributed by atoms with Crippen LogP contribution in [0.15, 0.2) is 48.5 Å². The van der Waals surface area contributed by atoms with E-state index >= 15 is 0 Å². The van der Waals surface area contributed by atoms with Crippen LogP contribution >= 0.6 is 0 Å². The Balaban J connectivity index is 1.16. The third kappa shape index (κ3) is 5.02. The van der Waals surface area contributed by atoms with Crippen LogP contribution in [0.3, 0.4) is 0 Å². The summed E-state index contributed by atoms with van der Waals surface area (Å²) >= 11 is 0. The normalized spacial score (nSPS) is 19.0. The largest absolute Gasteiger partial charge is 0.365 e. The Bertz CT molecular complexity index is 1230. The molecule has 2 atom stereocenters. The minimum atomic E-state index is -0.304. The van der Waals surface area contributed by atoms with Gasteiger partial charge in [-0.05, 0) is 49.9 Å². The van der Waals surface area contributed by atoms with Gasteiger partial charge in [-0.1, -0.05) is 47.2 Å². The summed E-state index contributed by atoms with van der Waals surface area (Å²) in [6, 6.07) is 14.1. The Kier molecular flexibility index (Phi) is 6.82. The third-order valence-corrected chi connectivity index (χ3v) is 7.13. The molecular formula is C27H30FN5O3. The Morgan fingerprint density at radius 2 is 1.78 bits per heavy atom. The zero-order valence-corrected chi connectivity index (χ0v) is 20.5. The van der Waals surface area contributed by atoms with Gasteiger partial charge in [0.25, 0.3) is 5.91 Å². The second-order valence-electron chi connectivity index (χ2n) is 9.63. The van der Waals surface area contributed by atoms with Gasteiger partial charge in [0.1, 0.15) is 11.9 Å². The lowest BCUT2D eigenvalue weighted by molar-refractivity contribution is -0.127. The van der Waals surface area contributed by atoms with E-state index in [0.29, 0.717) is 43.9 Å². The number of piperidine rings is 1. The number of halogens is 1. The van der Waals surface area contributed by atoms with E-state index in [-0.39, 0.29) is 42.3 Å². The molecule has 188 valence electrons. The number of nitrogens with one attached hydrogen (secondary N) is 1. The molecule has 2 aliphatic rings. The quantitative estimate of drug-likeness (QED) is 0.588. The van der Waals surface area contributed by atoms with Crippen LogP contribution in [0, 0.1) is 18.7 Å². The van der Waals surface area contributed by atoms with Crippen molar-refractivity contribution in [2.24, 2.45) is 5.92 Å². The molecule has 2 aliphatic heterocycles. The summed E-state index contributed by atoms with van der Waals surface area (Å²) < 4.78 is 21.0. The zero-order chi connectivity index (χ0) is 25.2. The smallest absolute Gasteiger partial charge is 0.276 e. The molecular weight excluding hydrogens is 461 g/mol. The molecule has 0 unspecified atom stereocenters. The van der Waals surface area contributed by atoms with Crippen molar-refractivity contribution in [2.75, 3.05) is 13.1 Å². The van der Waals surface area contributed by atoms with Crippen molar-refractivity contribution in [3.63, 3.8) is 0 Å². The summed E-state index contributed by atoms with van der Waals surface area (Å²) in [4.78, 5) is 27.7. The number of aromatic nitrogens is 3. The summed E-state index contributed by atoms with van der Waals surface area (Å²) in [5.74, 6) is -0.701. The molecule has 3 heterocycles. The summed E-state index contributed by atoms with van der Waals surface area (Å²) in [5.41, 5.74) is 4.12. The highest BCUT2D eigenvalue weighted by Gasteiger charge is 2.33. The molecule has 1 N–H and O–H groups in total. The molecule has 36 heavy (non-hydrogen) atoms.